The molecule has 1 aliphatic rings. The Balaban J connectivity index is 2.55. The molecule has 90 valence electrons. The van der Waals surface area contributed by atoms with Gasteiger partial charge in [0.25, 0.3) is 0 Å². The highest BCUT2D eigenvalue weighted by atomic mass is 79.9. The summed E-state index contributed by atoms with van der Waals surface area (Å²) in [6.45, 7) is 4.06. The summed E-state index contributed by atoms with van der Waals surface area (Å²) in [6.07, 6.45) is 1.84. The lowest BCUT2D eigenvalue weighted by Crippen LogP contribution is -2.38. The topological polar surface area (TPSA) is 49.7 Å². The maximum atomic E-state index is 9.65. The van der Waals surface area contributed by atoms with Crippen LogP contribution >= 0.6 is 15.9 Å². The number of rotatable bonds is 2. The normalized spacial score (nSPS) is 40.6. The minimum absolute atomic E-state index is 0.00606. The van der Waals surface area contributed by atoms with Crippen LogP contribution in [0, 0.1) is 0 Å². The van der Waals surface area contributed by atoms with Gasteiger partial charge in [-0.05, 0) is 26.2 Å². The first-order valence-corrected chi connectivity index (χ1v) is 6.61. The van der Waals surface area contributed by atoms with Gasteiger partial charge in [0.1, 0.15) is 0 Å². The Kier molecular flexibility index (Phi) is 5.53. The van der Waals surface area contributed by atoms with Gasteiger partial charge in [-0.3, -0.25) is 0 Å². The fourth-order valence-corrected chi connectivity index (χ4v) is 2.36. The summed E-state index contributed by atoms with van der Waals surface area (Å²) >= 11 is 3.59. The molecule has 1 saturated heterocycles. The molecule has 0 aromatic rings. The first-order chi connectivity index (χ1) is 7.04. The van der Waals surface area contributed by atoms with Crippen LogP contribution in [0.5, 0.6) is 0 Å². The van der Waals surface area contributed by atoms with Gasteiger partial charge in [-0.15, -0.1) is 0 Å². The van der Waals surface area contributed by atoms with E-state index in [9.17, 15) is 10.2 Å². The van der Waals surface area contributed by atoms with Gasteiger partial charge in [0.15, 0.2) is 0 Å². The fraction of sp³-hybridized carbons (Fsp3) is 1.00. The summed E-state index contributed by atoms with van der Waals surface area (Å²) < 4.78 is 5.84. The van der Waals surface area contributed by atoms with Crippen molar-refractivity contribution < 1.29 is 14.9 Å². The zero-order valence-electron chi connectivity index (χ0n) is 9.40. The van der Waals surface area contributed by atoms with Crippen molar-refractivity contribution in [1.82, 2.24) is 0 Å². The molecule has 0 radical (unpaired) electrons. The standard InChI is InChI=1S/C11H21BrO3/c1-3-8(12)11-5-4-9(13)10(14)6-7(2)15-11/h7-11,13-14H,3-6H2,1-2H3/t7-,8-,9+,10-,11-/m0/s1. The Hall–Kier alpha value is 0.360. The number of aliphatic hydroxyl groups is 2. The predicted octanol–water partition coefficient (Wildman–Crippen LogP) is 1.84. The molecule has 0 unspecified atom stereocenters. The van der Waals surface area contributed by atoms with E-state index in [0.717, 1.165) is 12.8 Å². The van der Waals surface area contributed by atoms with Crippen molar-refractivity contribution in [2.24, 2.45) is 0 Å². The van der Waals surface area contributed by atoms with Gasteiger partial charge in [-0.25, -0.2) is 0 Å². The number of hydrogen-bond acceptors (Lipinski definition) is 3. The van der Waals surface area contributed by atoms with Crippen LogP contribution in [0.25, 0.3) is 0 Å². The molecule has 3 nitrogen and oxygen atoms in total. The first kappa shape index (κ1) is 13.4. The zero-order valence-corrected chi connectivity index (χ0v) is 11.0. The second-order valence-electron chi connectivity index (χ2n) is 4.36. The van der Waals surface area contributed by atoms with Crippen molar-refractivity contribution in [3.63, 3.8) is 0 Å². The van der Waals surface area contributed by atoms with E-state index in [1.165, 1.54) is 0 Å². The third kappa shape index (κ3) is 4.02. The van der Waals surface area contributed by atoms with E-state index in [0.29, 0.717) is 17.7 Å². The number of hydrogen-bond donors (Lipinski definition) is 2. The largest absolute Gasteiger partial charge is 0.390 e. The number of halogens is 1. The van der Waals surface area contributed by atoms with Gasteiger partial charge in [0.2, 0.25) is 0 Å². The molecule has 0 amide bonds. The molecule has 15 heavy (non-hydrogen) atoms. The van der Waals surface area contributed by atoms with Crippen molar-refractivity contribution in [2.75, 3.05) is 0 Å². The zero-order chi connectivity index (χ0) is 11.4. The van der Waals surface area contributed by atoms with E-state index in [2.05, 4.69) is 22.9 Å². The van der Waals surface area contributed by atoms with Crippen molar-refractivity contribution in [1.29, 1.82) is 0 Å². The van der Waals surface area contributed by atoms with Crippen molar-refractivity contribution in [2.45, 2.75) is 68.8 Å². The third-order valence-electron chi connectivity index (χ3n) is 2.97. The maximum Gasteiger partial charge on any atom is 0.0823 e. The summed E-state index contributed by atoms with van der Waals surface area (Å²) in [5, 5.41) is 19.2. The highest BCUT2D eigenvalue weighted by Gasteiger charge is 2.28. The summed E-state index contributed by atoms with van der Waals surface area (Å²) in [7, 11) is 0. The average molecular weight is 281 g/mol. The molecule has 1 rings (SSSR count). The quantitative estimate of drug-likeness (QED) is 0.759. The molecular weight excluding hydrogens is 260 g/mol. The van der Waals surface area contributed by atoms with Crippen LogP contribution in [0.15, 0.2) is 0 Å². The lowest BCUT2D eigenvalue weighted by Gasteiger charge is -2.32. The van der Waals surface area contributed by atoms with E-state index in [4.69, 9.17) is 4.74 Å². The monoisotopic (exact) mass is 280 g/mol. The molecule has 0 spiro atoms. The molecule has 0 saturated carbocycles. The average Bonchev–Trinajstić information content (AvgIpc) is 2.20. The Morgan fingerprint density at radius 3 is 2.60 bits per heavy atom. The Bertz CT molecular complexity index is 189. The summed E-state index contributed by atoms with van der Waals surface area (Å²) in [5.41, 5.74) is 0. The SMILES string of the molecule is CC[C@H](Br)[C@@H]1CC[C@@H](O)[C@@H](O)C[C@H](C)O1. The second kappa shape index (κ2) is 6.18. The van der Waals surface area contributed by atoms with E-state index < -0.39 is 12.2 Å². The first-order valence-electron chi connectivity index (χ1n) is 5.70. The van der Waals surface area contributed by atoms with Crippen LogP contribution in [-0.2, 0) is 4.74 Å². The van der Waals surface area contributed by atoms with Crippen LogP contribution in [-0.4, -0.2) is 39.5 Å². The van der Waals surface area contributed by atoms with Gasteiger partial charge in [-0.2, -0.15) is 0 Å². The highest BCUT2D eigenvalue weighted by molar-refractivity contribution is 9.09. The van der Waals surface area contributed by atoms with Gasteiger partial charge in [-0.1, -0.05) is 22.9 Å². The minimum atomic E-state index is -0.642. The molecule has 5 atom stereocenters. The highest BCUT2D eigenvalue weighted by Crippen LogP contribution is 2.25. The van der Waals surface area contributed by atoms with Gasteiger partial charge < -0.3 is 14.9 Å². The van der Waals surface area contributed by atoms with Crippen molar-refractivity contribution in [3.05, 3.63) is 0 Å². The molecule has 2 N–H and O–H groups in total. The number of aliphatic hydroxyl groups excluding tert-OH is 2. The van der Waals surface area contributed by atoms with Crippen LogP contribution in [0.4, 0.5) is 0 Å². The molecule has 0 aromatic carbocycles. The lowest BCUT2D eigenvalue weighted by atomic mass is 9.97. The predicted molar refractivity (Wildman–Crippen MR) is 63.2 cm³/mol. The number of ether oxygens (including phenoxy) is 1. The van der Waals surface area contributed by atoms with E-state index >= 15 is 0 Å². The summed E-state index contributed by atoms with van der Waals surface area (Å²) in [5.74, 6) is 0. The molecule has 0 aromatic heterocycles. The smallest absolute Gasteiger partial charge is 0.0823 e. The number of alkyl halides is 1. The fourth-order valence-electron chi connectivity index (χ4n) is 1.98. The lowest BCUT2D eigenvalue weighted by molar-refractivity contribution is -0.0839. The molecule has 1 aliphatic heterocycles. The molecule has 0 aliphatic carbocycles. The molecule has 1 fully saturated rings. The molecule has 4 heteroatoms. The van der Waals surface area contributed by atoms with E-state index in [1.54, 1.807) is 0 Å². The van der Waals surface area contributed by atoms with Crippen LogP contribution in [0.2, 0.25) is 0 Å². The van der Waals surface area contributed by atoms with Crippen LogP contribution < -0.4 is 0 Å². The summed E-state index contributed by atoms with van der Waals surface area (Å²) in [4.78, 5) is 0.336. The third-order valence-corrected chi connectivity index (χ3v) is 4.20. The Morgan fingerprint density at radius 1 is 1.33 bits per heavy atom. The Morgan fingerprint density at radius 2 is 2.00 bits per heavy atom. The minimum Gasteiger partial charge on any atom is -0.390 e. The maximum absolute atomic E-state index is 9.65. The molecular formula is C11H21BrO3. The van der Waals surface area contributed by atoms with Crippen LogP contribution in [0.1, 0.15) is 39.5 Å². The van der Waals surface area contributed by atoms with Gasteiger partial charge in [0.05, 0.1) is 24.4 Å². The van der Waals surface area contributed by atoms with E-state index in [-0.39, 0.29) is 12.2 Å². The Labute approximate surface area is 100.0 Å². The molecule has 1 heterocycles. The second-order valence-corrected chi connectivity index (χ2v) is 5.53. The van der Waals surface area contributed by atoms with Gasteiger partial charge in [0, 0.05) is 11.2 Å². The van der Waals surface area contributed by atoms with Crippen molar-refractivity contribution >= 4 is 15.9 Å². The van der Waals surface area contributed by atoms with Crippen LogP contribution in [0.3, 0.4) is 0 Å². The van der Waals surface area contributed by atoms with Crippen molar-refractivity contribution in [3.8, 4) is 0 Å². The van der Waals surface area contributed by atoms with E-state index in [1.807, 2.05) is 6.92 Å². The van der Waals surface area contributed by atoms with Gasteiger partial charge >= 0.3 is 0 Å². The molecule has 0 bridgehead atoms. The summed E-state index contributed by atoms with van der Waals surface area (Å²) in [6, 6.07) is 0.